The molecule has 0 N–H and O–H groups in total. The number of carbonyl (C=O) groups is 1. The predicted octanol–water partition coefficient (Wildman–Crippen LogP) is -1.02. The molecule has 0 saturated carbocycles. The molecule has 0 heterocycles. The first-order valence-electron chi connectivity index (χ1n) is 0.707. The molecule has 2 radical (unpaired) electrons. The van der Waals surface area contributed by atoms with E-state index in [1.54, 1.807) is 0 Å². The third-order valence-electron chi connectivity index (χ3n) is 0.0556. The Balaban J connectivity index is 2.30. The molecule has 0 spiro atoms. The minimum absolute atomic E-state index is 0.363. The third kappa shape index (κ3) is 2.39. The van der Waals surface area contributed by atoms with Crippen molar-refractivity contribution in [1.29, 1.82) is 0 Å². The first kappa shape index (κ1) is 4.39. The molecule has 0 aliphatic heterocycles. The minimum atomic E-state index is 0.363. The summed E-state index contributed by atoms with van der Waals surface area (Å²) in [4.78, 5) is 8.99. The molecule has 22 valence electrons. The zero-order valence-electron chi connectivity index (χ0n) is 1.97. The van der Waals surface area contributed by atoms with Crippen LogP contribution in [0.4, 0.5) is 0 Å². The van der Waals surface area contributed by atoms with Crippen LogP contribution in [-0.4, -0.2) is 32.7 Å². The Hall–Kier alpha value is 0.392. The summed E-state index contributed by atoms with van der Waals surface area (Å²) in [6.45, 7) is 0.449. The standard InChI is InChI=1S/CH2O2.Pb.H/c2-1-3;;/h1H,(H,2,3);;/q;+1;/p-1. The van der Waals surface area contributed by atoms with Gasteiger partial charge in [0.25, 0.3) is 0 Å². The van der Waals surface area contributed by atoms with Gasteiger partial charge < -0.3 is 0 Å². The zero-order chi connectivity index (χ0) is 3.41. The molecular formula is CH2O2Pb. The van der Waals surface area contributed by atoms with Crippen LogP contribution >= 0.6 is 0 Å². The Labute approximate surface area is 40.5 Å². The molecule has 0 aliphatic rings. The summed E-state index contributed by atoms with van der Waals surface area (Å²) in [5.74, 6) is 0. The van der Waals surface area contributed by atoms with E-state index in [4.69, 9.17) is 4.79 Å². The number of hydrogen-bond acceptors (Lipinski definition) is 2. The molecule has 0 aromatic carbocycles. The van der Waals surface area contributed by atoms with Gasteiger partial charge in [-0.15, -0.1) is 0 Å². The fourth-order valence-electron chi connectivity index (χ4n) is 0. The number of hydrogen-bond donors (Lipinski definition) is 0. The zero-order valence-corrected chi connectivity index (χ0v) is 6.46. The van der Waals surface area contributed by atoms with Gasteiger partial charge in [0.15, 0.2) is 0 Å². The van der Waals surface area contributed by atoms with Crippen LogP contribution in [0.25, 0.3) is 0 Å². The van der Waals surface area contributed by atoms with Crippen LogP contribution in [0.1, 0.15) is 0 Å². The summed E-state index contributed by atoms with van der Waals surface area (Å²) in [5, 5.41) is 0. The van der Waals surface area contributed by atoms with E-state index in [2.05, 4.69) is 2.69 Å². The Morgan fingerprint density at radius 1 is 2.00 bits per heavy atom. The Morgan fingerprint density at radius 3 is 2.25 bits per heavy atom. The fourth-order valence-corrected chi connectivity index (χ4v) is 0. The van der Waals surface area contributed by atoms with E-state index in [1.165, 1.54) is 0 Å². The van der Waals surface area contributed by atoms with E-state index >= 15 is 0 Å². The molecule has 0 aromatic rings. The molecule has 2 nitrogen and oxygen atoms in total. The van der Waals surface area contributed by atoms with Crippen LogP contribution in [0.15, 0.2) is 0 Å². The van der Waals surface area contributed by atoms with Gasteiger partial charge in [-0.05, 0) is 0 Å². The van der Waals surface area contributed by atoms with Gasteiger partial charge in [0.1, 0.15) is 0 Å². The van der Waals surface area contributed by atoms with Crippen molar-refractivity contribution >= 4 is 32.7 Å². The molecule has 0 amide bonds. The van der Waals surface area contributed by atoms with Gasteiger partial charge in [0.2, 0.25) is 0 Å². The van der Waals surface area contributed by atoms with Gasteiger partial charge in [-0.1, -0.05) is 0 Å². The predicted molar refractivity (Wildman–Crippen MR) is 14.3 cm³/mol. The first-order valence-corrected chi connectivity index (χ1v) is 2.54. The summed E-state index contributed by atoms with van der Waals surface area (Å²) in [6, 6.07) is 0. The van der Waals surface area contributed by atoms with Gasteiger partial charge in [-0.25, -0.2) is 0 Å². The average Bonchev–Trinajstić information content (AvgIpc) is 1.37. The summed E-state index contributed by atoms with van der Waals surface area (Å²) in [6.07, 6.45) is 0. The van der Waals surface area contributed by atoms with Crippen LogP contribution in [0.5, 0.6) is 0 Å². The van der Waals surface area contributed by atoms with Crippen molar-refractivity contribution in [2.45, 2.75) is 0 Å². The Morgan fingerprint density at radius 2 is 2.25 bits per heavy atom. The van der Waals surface area contributed by atoms with Crippen molar-refractivity contribution in [3.05, 3.63) is 0 Å². The summed E-state index contributed by atoms with van der Waals surface area (Å²) < 4.78 is 4.03. The van der Waals surface area contributed by atoms with Crippen LogP contribution in [0, 0.1) is 0 Å². The summed E-state index contributed by atoms with van der Waals surface area (Å²) in [5.41, 5.74) is 0. The van der Waals surface area contributed by atoms with Gasteiger partial charge in [0.05, 0.1) is 0 Å². The number of carbonyl (C=O) groups excluding carboxylic acids is 1. The van der Waals surface area contributed by atoms with Crippen LogP contribution < -0.4 is 0 Å². The fraction of sp³-hybridized carbons (Fsp3) is 0. The van der Waals surface area contributed by atoms with E-state index < -0.39 is 0 Å². The van der Waals surface area contributed by atoms with Gasteiger partial charge >= 0.3 is 40.2 Å². The van der Waals surface area contributed by atoms with E-state index in [1.807, 2.05) is 0 Å². The van der Waals surface area contributed by atoms with Crippen LogP contribution in [0.2, 0.25) is 0 Å². The molecule has 0 unspecified atom stereocenters. The molecule has 0 fully saturated rings. The number of rotatable bonds is 1. The van der Waals surface area contributed by atoms with E-state index in [0.717, 1.165) is 0 Å². The van der Waals surface area contributed by atoms with Crippen LogP contribution in [-0.2, 0) is 7.48 Å². The SMILES string of the molecule is O=C[O][PbH]. The molecule has 0 aliphatic carbocycles. The van der Waals surface area contributed by atoms with Crippen molar-refractivity contribution in [2.75, 3.05) is 0 Å². The van der Waals surface area contributed by atoms with Gasteiger partial charge in [-0.2, -0.15) is 0 Å². The monoisotopic (exact) mass is 254 g/mol. The van der Waals surface area contributed by atoms with E-state index in [0.29, 0.717) is 32.7 Å². The van der Waals surface area contributed by atoms with Crippen molar-refractivity contribution in [2.24, 2.45) is 0 Å². The summed E-state index contributed by atoms with van der Waals surface area (Å²) >= 11 is 0.363. The van der Waals surface area contributed by atoms with Gasteiger partial charge in [-0.3, -0.25) is 0 Å². The maximum absolute atomic E-state index is 8.99. The molecule has 0 bridgehead atoms. The molecule has 3 heteroatoms. The second-order valence-corrected chi connectivity index (χ2v) is 1.29. The van der Waals surface area contributed by atoms with E-state index in [-0.39, 0.29) is 0 Å². The summed E-state index contributed by atoms with van der Waals surface area (Å²) in [7, 11) is 0. The average molecular weight is 253 g/mol. The van der Waals surface area contributed by atoms with Crippen LogP contribution in [0.3, 0.4) is 0 Å². The van der Waals surface area contributed by atoms with E-state index in [9.17, 15) is 0 Å². The molecule has 0 saturated heterocycles. The maximum atomic E-state index is 8.99. The molecular weight excluding hydrogens is 251 g/mol. The quantitative estimate of drug-likeness (QED) is 0.441. The van der Waals surface area contributed by atoms with Crippen molar-refractivity contribution < 1.29 is 7.48 Å². The van der Waals surface area contributed by atoms with Crippen molar-refractivity contribution in [1.82, 2.24) is 0 Å². The van der Waals surface area contributed by atoms with Gasteiger partial charge in [0, 0.05) is 0 Å². The first-order chi connectivity index (χ1) is 1.91. The second-order valence-electron chi connectivity index (χ2n) is 0.232. The topological polar surface area (TPSA) is 26.3 Å². The second kappa shape index (κ2) is 3.39. The Bertz CT molecular complexity index is 20.0. The third-order valence-corrected chi connectivity index (χ3v) is 0.487. The van der Waals surface area contributed by atoms with Crippen molar-refractivity contribution in [3.63, 3.8) is 0 Å². The molecule has 0 atom stereocenters. The Kier molecular flexibility index (Phi) is 3.72. The molecule has 4 heavy (non-hydrogen) atoms. The van der Waals surface area contributed by atoms with Crippen molar-refractivity contribution in [3.8, 4) is 0 Å². The normalized spacial score (nSPS) is 5.25. The molecule has 0 rings (SSSR count). The molecule has 0 aromatic heterocycles.